The Bertz CT molecular complexity index is 794. The van der Waals surface area contributed by atoms with Crippen molar-refractivity contribution in [2.24, 2.45) is 0 Å². The Kier molecular flexibility index (Phi) is 5.40. The summed E-state index contributed by atoms with van der Waals surface area (Å²) >= 11 is 5.64. The van der Waals surface area contributed by atoms with Crippen molar-refractivity contribution >= 4 is 39.0 Å². The second-order valence-corrected chi connectivity index (χ2v) is 7.83. The van der Waals surface area contributed by atoms with Crippen LogP contribution in [0.25, 0.3) is 0 Å². The number of nitrogens with zero attached hydrogens (tertiary/aromatic N) is 1. The predicted octanol–water partition coefficient (Wildman–Crippen LogP) is 0.708. The quantitative estimate of drug-likeness (QED) is 0.454. The second kappa shape index (κ2) is 7.14. The Morgan fingerprint density at radius 3 is 2.71 bits per heavy atom. The van der Waals surface area contributed by atoms with E-state index in [9.17, 15) is 28.1 Å². The first kappa shape index (κ1) is 18.1. The topological polar surface area (TPSA) is 133 Å². The molecule has 1 aromatic rings. The molecule has 0 radical (unpaired) electrons. The third-order valence-electron chi connectivity index (χ3n) is 3.31. The molecule has 130 valence electrons. The summed E-state index contributed by atoms with van der Waals surface area (Å²) < 4.78 is 27.3. The van der Waals surface area contributed by atoms with Gasteiger partial charge >= 0.3 is 5.97 Å². The molecule has 1 atom stereocenters. The van der Waals surface area contributed by atoms with Gasteiger partial charge in [-0.3, -0.25) is 14.9 Å². The van der Waals surface area contributed by atoms with E-state index in [2.05, 4.69) is 5.32 Å². The summed E-state index contributed by atoms with van der Waals surface area (Å²) in [4.78, 5) is 33.7. The van der Waals surface area contributed by atoms with Gasteiger partial charge in [0.25, 0.3) is 11.6 Å². The van der Waals surface area contributed by atoms with Crippen molar-refractivity contribution in [2.45, 2.75) is 12.5 Å². The van der Waals surface area contributed by atoms with E-state index in [0.29, 0.717) is 6.42 Å². The number of halogens is 1. The molecule has 1 aromatic carbocycles. The Labute approximate surface area is 142 Å². The van der Waals surface area contributed by atoms with E-state index in [0.717, 1.165) is 12.1 Å². The molecule has 0 spiro atoms. The third-order valence-corrected chi connectivity index (χ3v) is 5.31. The van der Waals surface area contributed by atoms with E-state index in [4.69, 9.17) is 16.3 Å². The number of esters is 1. The van der Waals surface area contributed by atoms with E-state index in [1.807, 2.05) is 0 Å². The van der Waals surface area contributed by atoms with Crippen molar-refractivity contribution in [3.8, 4) is 0 Å². The lowest BCUT2D eigenvalue weighted by atomic mass is 10.2. The highest BCUT2D eigenvalue weighted by Crippen LogP contribution is 2.23. The molecule has 1 heterocycles. The molecule has 11 heteroatoms. The molecular formula is C13H13ClN2O7S. The first-order valence-corrected chi connectivity index (χ1v) is 8.99. The van der Waals surface area contributed by atoms with Gasteiger partial charge in [0.15, 0.2) is 16.4 Å². The van der Waals surface area contributed by atoms with Gasteiger partial charge in [-0.25, -0.2) is 13.2 Å². The van der Waals surface area contributed by atoms with Crippen molar-refractivity contribution in [3.05, 3.63) is 38.9 Å². The number of nitro groups is 1. The number of nitrogens with one attached hydrogen (secondary N) is 1. The number of ether oxygens (including phenoxy) is 1. The number of rotatable bonds is 5. The fourth-order valence-corrected chi connectivity index (χ4v) is 4.06. The molecule has 0 aromatic heterocycles. The van der Waals surface area contributed by atoms with E-state index < -0.39 is 45.0 Å². The molecule has 0 aliphatic carbocycles. The monoisotopic (exact) mass is 376 g/mol. The minimum Gasteiger partial charge on any atom is -0.452 e. The smallest absolute Gasteiger partial charge is 0.345 e. The zero-order valence-electron chi connectivity index (χ0n) is 12.2. The lowest BCUT2D eigenvalue weighted by Crippen LogP contribution is -2.38. The van der Waals surface area contributed by atoms with Crippen molar-refractivity contribution in [2.75, 3.05) is 18.1 Å². The second-order valence-electron chi connectivity index (χ2n) is 5.16. The summed E-state index contributed by atoms with van der Waals surface area (Å²) in [6, 6.07) is 2.89. The Morgan fingerprint density at radius 2 is 2.12 bits per heavy atom. The molecule has 1 N–H and O–H groups in total. The van der Waals surface area contributed by atoms with Crippen molar-refractivity contribution in [3.63, 3.8) is 0 Å². The number of hydrogen-bond donors (Lipinski definition) is 1. The van der Waals surface area contributed by atoms with Crippen LogP contribution < -0.4 is 5.32 Å². The number of amides is 1. The van der Waals surface area contributed by atoms with Crippen LogP contribution in [0.15, 0.2) is 18.2 Å². The summed E-state index contributed by atoms with van der Waals surface area (Å²) in [5, 5.41) is 13.4. The standard InChI is InChI=1S/C13H13ClN2O7S/c14-8-1-2-10(11(5-8)16(19)20)13(18)23-6-12(17)15-9-3-4-24(21,22)7-9/h1-2,5,9H,3-4,6-7H2,(H,15,17)/t9-/m1/s1. The van der Waals surface area contributed by atoms with Crippen LogP contribution in [0.1, 0.15) is 16.8 Å². The Morgan fingerprint density at radius 1 is 1.42 bits per heavy atom. The van der Waals surface area contributed by atoms with Gasteiger partial charge in [-0.2, -0.15) is 0 Å². The summed E-state index contributed by atoms with van der Waals surface area (Å²) in [6.45, 7) is -0.671. The number of benzene rings is 1. The Hall–Kier alpha value is -2.20. The lowest BCUT2D eigenvalue weighted by molar-refractivity contribution is -0.385. The fraction of sp³-hybridized carbons (Fsp3) is 0.385. The first-order valence-electron chi connectivity index (χ1n) is 6.79. The van der Waals surface area contributed by atoms with E-state index in [1.165, 1.54) is 6.07 Å². The SMILES string of the molecule is O=C(COC(=O)c1ccc(Cl)cc1[N+](=O)[O-])N[C@@H]1CCS(=O)(=O)C1. The normalized spacial score (nSPS) is 18.8. The molecule has 1 aliphatic rings. The van der Waals surface area contributed by atoms with Crippen molar-refractivity contribution in [1.82, 2.24) is 5.32 Å². The maximum Gasteiger partial charge on any atom is 0.345 e. The molecule has 0 bridgehead atoms. The molecule has 1 aliphatic heterocycles. The van der Waals surface area contributed by atoms with Crippen molar-refractivity contribution < 1.29 is 27.7 Å². The van der Waals surface area contributed by atoms with Gasteiger partial charge in [-0.05, 0) is 18.6 Å². The molecule has 1 saturated heterocycles. The lowest BCUT2D eigenvalue weighted by Gasteiger charge is -2.11. The van der Waals surface area contributed by atoms with Crippen LogP contribution in [0.4, 0.5) is 5.69 Å². The number of carbonyl (C=O) groups excluding carboxylic acids is 2. The van der Waals surface area contributed by atoms with Gasteiger partial charge in [-0.15, -0.1) is 0 Å². The maximum atomic E-state index is 11.9. The zero-order valence-corrected chi connectivity index (χ0v) is 13.8. The number of nitro benzene ring substituents is 1. The number of sulfone groups is 1. The predicted molar refractivity (Wildman–Crippen MR) is 83.6 cm³/mol. The average molecular weight is 377 g/mol. The largest absolute Gasteiger partial charge is 0.452 e. The average Bonchev–Trinajstić information content (AvgIpc) is 2.83. The van der Waals surface area contributed by atoms with Crippen LogP contribution in [0, 0.1) is 10.1 Å². The van der Waals surface area contributed by atoms with Gasteiger partial charge in [0.2, 0.25) is 0 Å². The van der Waals surface area contributed by atoms with Crippen LogP contribution in [-0.4, -0.2) is 49.4 Å². The van der Waals surface area contributed by atoms with Gasteiger partial charge in [0.1, 0.15) is 5.56 Å². The van der Waals surface area contributed by atoms with Gasteiger partial charge in [0.05, 0.1) is 16.4 Å². The van der Waals surface area contributed by atoms with Gasteiger partial charge in [0, 0.05) is 17.1 Å². The molecule has 0 saturated carbocycles. The summed E-state index contributed by atoms with van der Waals surface area (Å²) in [5.74, 6) is -1.89. The zero-order chi connectivity index (χ0) is 17.9. The molecule has 2 rings (SSSR count). The Balaban J connectivity index is 1.94. The van der Waals surface area contributed by atoms with E-state index in [1.54, 1.807) is 0 Å². The molecule has 1 fully saturated rings. The van der Waals surface area contributed by atoms with Crippen LogP contribution in [0.5, 0.6) is 0 Å². The highest BCUT2D eigenvalue weighted by molar-refractivity contribution is 7.91. The van der Waals surface area contributed by atoms with E-state index in [-0.39, 0.29) is 22.1 Å². The summed E-state index contributed by atoms with van der Waals surface area (Å²) in [6.07, 6.45) is 0.296. The van der Waals surface area contributed by atoms with Crippen LogP contribution >= 0.6 is 11.6 Å². The number of carbonyl (C=O) groups is 2. The third kappa shape index (κ3) is 4.65. The first-order chi connectivity index (χ1) is 11.2. The molecule has 24 heavy (non-hydrogen) atoms. The van der Waals surface area contributed by atoms with Crippen molar-refractivity contribution in [1.29, 1.82) is 0 Å². The summed E-state index contributed by atoms with van der Waals surface area (Å²) in [7, 11) is -3.14. The van der Waals surface area contributed by atoms with E-state index >= 15 is 0 Å². The summed E-state index contributed by atoms with van der Waals surface area (Å²) in [5.41, 5.74) is -0.865. The molecule has 0 unspecified atom stereocenters. The fourth-order valence-electron chi connectivity index (χ4n) is 2.22. The van der Waals surface area contributed by atoms with Crippen LogP contribution in [0.2, 0.25) is 5.02 Å². The minimum absolute atomic E-state index is 0.00525. The minimum atomic E-state index is -3.14. The van der Waals surface area contributed by atoms with Crippen LogP contribution in [0.3, 0.4) is 0 Å². The van der Waals surface area contributed by atoms with Gasteiger partial charge in [-0.1, -0.05) is 11.6 Å². The highest BCUT2D eigenvalue weighted by Gasteiger charge is 2.29. The maximum absolute atomic E-state index is 11.9. The molecular weight excluding hydrogens is 364 g/mol. The molecule has 9 nitrogen and oxygen atoms in total. The van der Waals surface area contributed by atoms with Gasteiger partial charge < -0.3 is 10.1 Å². The van der Waals surface area contributed by atoms with Crippen LogP contribution in [-0.2, 0) is 19.4 Å². The molecule has 1 amide bonds. The highest BCUT2D eigenvalue weighted by atomic mass is 35.5. The number of hydrogen-bond acceptors (Lipinski definition) is 7.